The van der Waals surface area contributed by atoms with Gasteiger partial charge < -0.3 is 19.9 Å². The van der Waals surface area contributed by atoms with Crippen molar-refractivity contribution in [2.24, 2.45) is 0 Å². The molecule has 21 heavy (non-hydrogen) atoms. The first kappa shape index (κ1) is 18.5. The summed E-state index contributed by atoms with van der Waals surface area (Å²) in [5, 5.41) is 13.1. The van der Waals surface area contributed by atoms with Gasteiger partial charge >= 0.3 is 0 Å². The van der Waals surface area contributed by atoms with Gasteiger partial charge in [-0.05, 0) is 33.6 Å². The lowest BCUT2D eigenvalue weighted by molar-refractivity contribution is 0.110. The van der Waals surface area contributed by atoms with Crippen molar-refractivity contribution in [2.75, 3.05) is 47.0 Å². The Hall–Kier alpha value is -0.530. The van der Waals surface area contributed by atoms with Crippen molar-refractivity contribution in [3.63, 3.8) is 0 Å². The van der Waals surface area contributed by atoms with Crippen LogP contribution in [0.5, 0.6) is 11.5 Å². The van der Waals surface area contributed by atoms with Crippen LogP contribution in [-0.4, -0.2) is 57.0 Å². The lowest BCUT2D eigenvalue weighted by Crippen LogP contribution is -2.46. The third-order valence-corrected chi connectivity index (χ3v) is 4.40. The molecular formula is C14H22BrClN2O3. The number of halogens is 2. The van der Waals surface area contributed by atoms with Gasteiger partial charge in [-0.3, -0.25) is 4.90 Å². The summed E-state index contributed by atoms with van der Waals surface area (Å²) in [6.07, 6.45) is 0. The fourth-order valence-electron chi connectivity index (χ4n) is 2.51. The SMILES string of the molecule is COc1cc([C@H](CO)N2CCNCC2)cc(OC)c1Br.Cl. The Morgan fingerprint density at radius 2 is 1.76 bits per heavy atom. The fourth-order valence-corrected chi connectivity index (χ4v) is 3.06. The summed E-state index contributed by atoms with van der Waals surface area (Å²) >= 11 is 3.47. The molecule has 7 heteroatoms. The molecule has 0 saturated carbocycles. The van der Waals surface area contributed by atoms with Crippen LogP contribution in [0.2, 0.25) is 0 Å². The number of aliphatic hydroxyl groups is 1. The topological polar surface area (TPSA) is 54.0 Å². The first-order valence-corrected chi connectivity index (χ1v) is 7.47. The molecule has 1 saturated heterocycles. The lowest BCUT2D eigenvalue weighted by Gasteiger charge is -2.34. The van der Waals surface area contributed by atoms with E-state index in [1.54, 1.807) is 14.2 Å². The number of methoxy groups -OCH3 is 2. The molecule has 0 unspecified atom stereocenters. The Morgan fingerprint density at radius 1 is 1.24 bits per heavy atom. The Labute approximate surface area is 140 Å². The van der Waals surface area contributed by atoms with E-state index < -0.39 is 0 Å². The number of hydrogen-bond acceptors (Lipinski definition) is 5. The van der Waals surface area contributed by atoms with Gasteiger partial charge in [0, 0.05) is 26.2 Å². The molecule has 1 aliphatic heterocycles. The number of hydrogen-bond donors (Lipinski definition) is 2. The smallest absolute Gasteiger partial charge is 0.137 e. The molecule has 0 spiro atoms. The van der Waals surface area contributed by atoms with Gasteiger partial charge in [-0.15, -0.1) is 12.4 Å². The second-order valence-corrected chi connectivity index (χ2v) is 5.52. The van der Waals surface area contributed by atoms with E-state index in [2.05, 4.69) is 26.1 Å². The molecule has 1 aromatic rings. The Kier molecular flexibility index (Phi) is 7.76. The van der Waals surface area contributed by atoms with Crippen LogP contribution >= 0.6 is 28.3 Å². The Balaban J connectivity index is 0.00000220. The summed E-state index contributed by atoms with van der Waals surface area (Å²) in [6.45, 7) is 3.81. The van der Waals surface area contributed by atoms with Gasteiger partial charge in [0.25, 0.3) is 0 Å². The molecule has 0 radical (unpaired) electrons. The summed E-state index contributed by atoms with van der Waals surface area (Å²) in [4.78, 5) is 2.28. The summed E-state index contributed by atoms with van der Waals surface area (Å²) in [6, 6.07) is 3.87. The van der Waals surface area contributed by atoms with Crippen LogP contribution in [0.15, 0.2) is 16.6 Å². The van der Waals surface area contributed by atoms with Gasteiger partial charge in [0.1, 0.15) is 16.0 Å². The zero-order valence-corrected chi connectivity index (χ0v) is 14.7. The molecule has 120 valence electrons. The zero-order valence-electron chi connectivity index (χ0n) is 12.3. The van der Waals surface area contributed by atoms with Crippen LogP contribution in [0.3, 0.4) is 0 Å². The molecule has 1 atom stereocenters. The van der Waals surface area contributed by atoms with E-state index in [-0.39, 0.29) is 25.1 Å². The fraction of sp³-hybridized carbons (Fsp3) is 0.571. The largest absolute Gasteiger partial charge is 0.495 e. The average Bonchev–Trinajstić information content (AvgIpc) is 2.50. The van der Waals surface area contributed by atoms with Gasteiger partial charge in [0.2, 0.25) is 0 Å². The number of piperazine rings is 1. The highest BCUT2D eigenvalue weighted by Gasteiger charge is 2.23. The highest BCUT2D eigenvalue weighted by atomic mass is 79.9. The minimum atomic E-state index is -0.0343. The third-order valence-electron chi connectivity index (χ3n) is 3.62. The molecule has 0 amide bonds. The highest BCUT2D eigenvalue weighted by Crippen LogP contribution is 2.38. The first-order chi connectivity index (χ1) is 9.71. The summed E-state index contributed by atoms with van der Waals surface area (Å²) < 4.78 is 11.5. The summed E-state index contributed by atoms with van der Waals surface area (Å²) in [5.41, 5.74) is 1.01. The van der Waals surface area contributed by atoms with Crippen molar-refractivity contribution in [3.8, 4) is 11.5 Å². The standard InChI is InChI=1S/C14H21BrN2O3.ClH/c1-19-12-7-10(8-13(20-2)14(12)15)11(9-18)17-5-3-16-4-6-17;/h7-8,11,16,18H,3-6,9H2,1-2H3;1H/t11-;/m0./s1. The number of rotatable bonds is 5. The summed E-state index contributed by atoms with van der Waals surface area (Å²) in [5.74, 6) is 1.43. The molecule has 2 rings (SSSR count). The van der Waals surface area contributed by atoms with E-state index in [9.17, 15) is 5.11 Å². The van der Waals surface area contributed by atoms with E-state index in [0.717, 1.165) is 36.2 Å². The van der Waals surface area contributed by atoms with E-state index in [4.69, 9.17) is 9.47 Å². The molecular weight excluding hydrogens is 360 g/mol. The van der Waals surface area contributed by atoms with E-state index in [0.29, 0.717) is 11.5 Å². The Morgan fingerprint density at radius 3 is 2.19 bits per heavy atom. The normalized spacial score (nSPS) is 17.0. The maximum absolute atomic E-state index is 9.77. The summed E-state index contributed by atoms with van der Waals surface area (Å²) in [7, 11) is 3.25. The van der Waals surface area contributed by atoms with Gasteiger partial charge in [-0.1, -0.05) is 0 Å². The number of nitrogens with zero attached hydrogens (tertiary/aromatic N) is 1. The van der Waals surface area contributed by atoms with Crippen LogP contribution in [0.25, 0.3) is 0 Å². The Bertz CT molecular complexity index is 431. The number of nitrogens with one attached hydrogen (secondary N) is 1. The lowest BCUT2D eigenvalue weighted by atomic mass is 10.0. The predicted octanol–water partition coefficient (Wildman–Crippen LogP) is 1.83. The number of benzene rings is 1. The quantitative estimate of drug-likeness (QED) is 0.815. The van der Waals surface area contributed by atoms with E-state index in [1.165, 1.54) is 0 Å². The van der Waals surface area contributed by atoms with Gasteiger partial charge in [-0.2, -0.15) is 0 Å². The van der Waals surface area contributed by atoms with E-state index in [1.807, 2.05) is 12.1 Å². The molecule has 1 heterocycles. The van der Waals surface area contributed by atoms with Crippen LogP contribution in [0, 0.1) is 0 Å². The van der Waals surface area contributed by atoms with Gasteiger partial charge in [0.15, 0.2) is 0 Å². The van der Waals surface area contributed by atoms with Crippen molar-refractivity contribution in [3.05, 3.63) is 22.2 Å². The van der Waals surface area contributed by atoms with Crippen molar-refractivity contribution >= 4 is 28.3 Å². The van der Waals surface area contributed by atoms with Crippen LogP contribution in [0.1, 0.15) is 11.6 Å². The maximum atomic E-state index is 9.77. The first-order valence-electron chi connectivity index (χ1n) is 6.68. The van der Waals surface area contributed by atoms with Crippen molar-refractivity contribution in [1.82, 2.24) is 10.2 Å². The van der Waals surface area contributed by atoms with E-state index >= 15 is 0 Å². The number of ether oxygens (including phenoxy) is 2. The second kappa shape index (κ2) is 8.80. The second-order valence-electron chi connectivity index (χ2n) is 4.72. The van der Waals surface area contributed by atoms with Crippen molar-refractivity contribution in [1.29, 1.82) is 0 Å². The molecule has 1 aromatic carbocycles. The van der Waals surface area contributed by atoms with Crippen LogP contribution in [0.4, 0.5) is 0 Å². The molecule has 1 aliphatic rings. The molecule has 5 nitrogen and oxygen atoms in total. The van der Waals surface area contributed by atoms with Crippen LogP contribution < -0.4 is 14.8 Å². The highest BCUT2D eigenvalue weighted by molar-refractivity contribution is 9.10. The molecule has 0 aliphatic carbocycles. The zero-order chi connectivity index (χ0) is 14.5. The average molecular weight is 382 g/mol. The molecule has 2 N–H and O–H groups in total. The predicted molar refractivity (Wildman–Crippen MR) is 88.8 cm³/mol. The third kappa shape index (κ3) is 4.23. The monoisotopic (exact) mass is 380 g/mol. The van der Waals surface area contributed by atoms with Crippen LogP contribution in [-0.2, 0) is 0 Å². The molecule has 0 aromatic heterocycles. The minimum absolute atomic E-state index is 0. The van der Waals surface area contributed by atoms with Crippen molar-refractivity contribution < 1.29 is 14.6 Å². The van der Waals surface area contributed by atoms with Gasteiger partial charge in [-0.25, -0.2) is 0 Å². The molecule has 0 bridgehead atoms. The molecule has 1 fully saturated rings. The maximum Gasteiger partial charge on any atom is 0.137 e. The minimum Gasteiger partial charge on any atom is -0.495 e. The van der Waals surface area contributed by atoms with Crippen molar-refractivity contribution in [2.45, 2.75) is 6.04 Å². The van der Waals surface area contributed by atoms with Gasteiger partial charge in [0.05, 0.1) is 26.9 Å². The number of aliphatic hydroxyl groups excluding tert-OH is 1.